The first-order valence-corrected chi connectivity index (χ1v) is 16.8. The normalized spacial score (nSPS) is 22.4. The van der Waals surface area contributed by atoms with E-state index in [1.54, 1.807) is 4.90 Å². The maximum absolute atomic E-state index is 14.1. The molecule has 0 spiro atoms. The van der Waals surface area contributed by atoms with Gasteiger partial charge in [0.2, 0.25) is 11.8 Å². The van der Waals surface area contributed by atoms with Crippen LogP contribution in [0.2, 0.25) is 0 Å². The summed E-state index contributed by atoms with van der Waals surface area (Å²) < 4.78 is 0. The average Bonchev–Trinajstić information content (AvgIpc) is 3.25. The lowest BCUT2D eigenvalue weighted by Gasteiger charge is -2.46. The molecule has 0 N–H and O–H groups in total. The molecule has 0 aromatic heterocycles. The van der Waals surface area contributed by atoms with Gasteiger partial charge in [-0.15, -0.1) is 0 Å². The van der Waals surface area contributed by atoms with Crippen molar-refractivity contribution in [1.82, 2.24) is 4.90 Å². The maximum atomic E-state index is 14.1. The van der Waals surface area contributed by atoms with Crippen LogP contribution in [-0.2, 0) is 9.59 Å². The zero-order chi connectivity index (χ0) is 27.9. The molecule has 4 aromatic rings. The zero-order valence-corrected chi connectivity index (χ0v) is 25.2. The highest BCUT2D eigenvalue weighted by Gasteiger charge is 2.61. The second-order valence-electron chi connectivity index (χ2n) is 12.4. The molecule has 0 radical (unpaired) electrons. The predicted molar refractivity (Wildman–Crippen MR) is 171 cm³/mol. The Hall–Kier alpha value is -2.98. The first-order valence-electron chi connectivity index (χ1n) is 15.6. The Morgan fingerprint density at radius 3 is 1.22 bits per heavy atom. The molecule has 3 aliphatic carbocycles. The molecule has 1 saturated heterocycles. The smallest absolute Gasteiger partial charge is 0.234 e. The number of alkyl halides is 1. The van der Waals surface area contributed by atoms with Crippen LogP contribution >= 0.6 is 15.9 Å². The largest absolute Gasteiger partial charge is 0.282 e. The number of likely N-dealkylation sites (tertiary alicyclic amines) is 1. The molecule has 4 aliphatic rings. The number of imide groups is 1. The van der Waals surface area contributed by atoms with Gasteiger partial charge in [-0.3, -0.25) is 14.5 Å². The Morgan fingerprint density at radius 2 is 0.854 bits per heavy atom. The van der Waals surface area contributed by atoms with Gasteiger partial charge < -0.3 is 0 Å². The van der Waals surface area contributed by atoms with E-state index in [9.17, 15) is 9.59 Å². The van der Waals surface area contributed by atoms with Crippen molar-refractivity contribution < 1.29 is 9.59 Å². The Labute approximate surface area is 251 Å². The summed E-state index contributed by atoms with van der Waals surface area (Å²) in [7, 11) is 0. The number of halogens is 1. The lowest BCUT2D eigenvalue weighted by Crippen LogP contribution is -2.41. The Morgan fingerprint density at radius 1 is 0.512 bits per heavy atom. The molecule has 3 nitrogen and oxygen atoms in total. The van der Waals surface area contributed by atoms with Crippen molar-refractivity contribution >= 4 is 49.3 Å². The maximum Gasteiger partial charge on any atom is 0.234 e. The number of carbonyl (C=O) groups is 2. The number of fused-ring (bicyclic) bond motifs is 2. The molecule has 0 saturated carbocycles. The van der Waals surface area contributed by atoms with Crippen LogP contribution in [0.25, 0.3) is 21.5 Å². The van der Waals surface area contributed by atoms with Crippen molar-refractivity contribution in [3.8, 4) is 0 Å². The molecule has 2 amide bonds. The predicted octanol–water partition coefficient (Wildman–Crippen LogP) is 9.09. The topological polar surface area (TPSA) is 37.4 Å². The summed E-state index contributed by atoms with van der Waals surface area (Å²) in [6.07, 6.45) is 10.9. The quantitative estimate of drug-likeness (QED) is 0.0968. The molecule has 1 aliphatic heterocycles. The Balaban J connectivity index is 1.15. The average molecular weight is 609 g/mol. The summed E-state index contributed by atoms with van der Waals surface area (Å²) in [4.78, 5) is 29.8. The molecule has 1 fully saturated rings. The van der Waals surface area contributed by atoms with E-state index < -0.39 is 0 Å². The first kappa shape index (κ1) is 26.9. The van der Waals surface area contributed by atoms with Crippen LogP contribution < -0.4 is 0 Å². The van der Waals surface area contributed by atoms with Crippen LogP contribution in [0.3, 0.4) is 0 Å². The van der Waals surface area contributed by atoms with Crippen molar-refractivity contribution in [2.45, 2.75) is 69.6 Å². The number of unbranched alkanes of at least 4 members (excludes halogenated alkanes) is 8. The number of hydrogen-bond donors (Lipinski definition) is 0. The number of hydrogen-bond acceptors (Lipinski definition) is 2. The van der Waals surface area contributed by atoms with Gasteiger partial charge in [0.25, 0.3) is 0 Å². The summed E-state index contributed by atoms with van der Waals surface area (Å²) in [5, 5.41) is 5.92. The minimum absolute atomic E-state index is 0.0550. The molecule has 0 unspecified atom stereocenters. The first-order chi connectivity index (χ1) is 20.2. The van der Waals surface area contributed by atoms with E-state index in [-0.39, 0.29) is 35.5 Å². The van der Waals surface area contributed by atoms with Crippen LogP contribution in [0.15, 0.2) is 72.8 Å². The van der Waals surface area contributed by atoms with E-state index in [1.807, 2.05) is 0 Å². The second-order valence-corrected chi connectivity index (χ2v) is 13.2. The molecule has 8 rings (SSSR count). The molecule has 4 aromatic carbocycles. The van der Waals surface area contributed by atoms with Gasteiger partial charge in [0.1, 0.15) is 0 Å². The van der Waals surface area contributed by atoms with Crippen molar-refractivity contribution in [2.24, 2.45) is 11.8 Å². The highest BCUT2D eigenvalue weighted by molar-refractivity contribution is 9.09. The zero-order valence-electron chi connectivity index (χ0n) is 23.7. The molecule has 4 heteroatoms. The molecule has 210 valence electrons. The fourth-order valence-electron chi connectivity index (χ4n) is 8.03. The van der Waals surface area contributed by atoms with Crippen LogP contribution in [0.4, 0.5) is 0 Å². The van der Waals surface area contributed by atoms with E-state index in [1.165, 1.54) is 88.7 Å². The third kappa shape index (κ3) is 4.63. The SMILES string of the molecule is O=C1[C@@H]2C3c4cc5ccccc5cc4C(c4cc5ccccc5cc43)[C@@H]2C(=O)N1CCCCCCCCCCCBr. The fraction of sp³-hybridized carbons (Fsp3) is 0.405. The number of amides is 2. The summed E-state index contributed by atoms with van der Waals surface area (Å²) in [5.74, 6) is -0.632. The summed E-state index contributed by atoms with van der Waals surface area (Å²) in [6.45, 7) is 0.562. The van der Waals surface area contributed by atoms with E-state index >= 15 is 0 Å². The Kier molecular flexibility index (Phi) is 7.45. The van der Waals surface area contributed by atoms with Gasteiger partial charge in [0.15, 0.2) is 0 Å². The molecular weight excluding hydrogens is 570 g/mol. The highest BCUT2D eigenvalue weighted by Crippen LogP contribution is 2.62. The van der Waals surface area contributed by atoms with Crippen molar-refractivity contribution in [3.63, 3.8) is 0 Å². The molecule has 1 heterocycles. The number of carbonyl (C=O) groups excluding carboxylic acids is 2. The van der Waals surface area contributed by atoms with E-state index in [4.69, 9.17) is 0 Å². The summed E-state index contributed by atoms with van der Waals surface area (Å²) in [5.41, 5.74) is 4.99. The van der Waals surface area contributed by atoms with Crippen LogP contribution in [-0.4, -0.2) is 28.6 Å². The second kappa shape index (κ2) is 11.4. The number of rotatable bonds is 11. The van der Waals surface area contributed by atoms with Gasteiger partial charge in [-0.05, 0) is 56.6 Å². The van der Waals surface area contributed by atoms with Gasteiger partial charge in [0.05, 0.1) is 11.8 Å². The van der Waals surface area contributed by atoms with E-state index in [2.05, 4.69) is 88.7 Å². The monoisotopic (exact) mass is 607 g/mol. The third-order valence-corrected chi connectivity index (χ3v) is 10.5. The summed E-state index contributed by atoms with van der Waals surface area (Å²) >= 11 is 3.51. The number of benzene rings is 4. The van der Waals surface area contributed by atoms with Gasteiger partial charge in [-0.1, -0.05) is 134 Å². The van der Waals surface area contributed by atoms with Crippen molar-refractivity contribution in [2.75, 3.05) is 11.9 Å². The molecule has 2 atom stereocenters. The van der Waals surface area contributed by atoms with Crippen LogP contribution in [0.5, 0.6) is 0 Å². The standard InChI is InChI=1S/C37H38BrNO2/c38-18-12-6-4-2-1-3-5-7-13-19-39-36(40)34-32-28-20-24-14-8-9-15-25(24)21-29(28)33(35(34)37(39)41)31-23-27-17-11-10-16-26(27)22-30(31)32/h8-11,14-17,20-23,32-35H,1-7,12-13,18-19H2/t32?,33?,34-,35+. The Bertz CT molecular complexity index is 1430. The van der Waals surface area contributed by atoms with Crippen molar-refractivity contribution in [1.29, 1.82) is 0 Å². The summed E-state index contributed by atoms with van der Waals surface area (Å²) in [6, 6.07) is 26.2. The van der Waals surface area contributed by atoms with Gasteiger partial charge >= 0.3 is 0 Å². The minimum Gasteiger partial charge on any atom is -0.282 e. The van der Waals surface area contributed by atoms with E-state index in [0.29, 0.717) is 6.54 Å². The van der Waals surface area contributed by atoms with Crippen molar-refractivity contribution in [3.05, 3.63) is 95.1 Å². The minimum atomic E-state index is -0.297. The van der Waals surface area contributed by atoms with Gasteiger partial charge in [-0.25, -0.2) is 0 Å². The highest BCUT2D eigenvalue weighted by atomic mass is 79.9. The van der Waals surface area contributed by atoms with Crippen LogP contribution in [0.1, 0.15) is 91.9 Å². The van der Waals surface area contributed by atoms with Gasteiger partial charge in [-0.2, -0.15) is 0 Å². The fourth-order valence-corrected chi connectivity index (χ4v) is 8.43. The van der Waals surface area contributed by atoms with E-state index in [0.717, 1.165) is 18.2 Å². The molecule has 2 bridgehead atoms. The third-order valence-electron chi connectivity index (χ3n) is 9.97. The lowest BCUT2D eigenvalue weighted by molar-refractivity contribution is -0.140. The van der Waals surface area contributed by atoms with Crippen LogP contribution in [0, 0.1) is 11.8 Å². The number of nitrogens with zero attached hydrogens (tertiary/aromatic N) is 1. The lowest BCUT2D eigenvalue weighted by atomic mass is 9.54. The van der Waals surface area contributed by atoms with Gasteiger partial charge in [0, 0.05) is 23.7 Å². The molecular formula is C37H38BrNO2. The molecule has 41 heavy (non-hydrogen) atoms.